The van der Waals surface area contributed by atoms with Gasteiger partial charge in [-0.15, -0.1) is 0 Å². The van der Waals surface area contributed by atoms with Crippen molar-refractivity contribution in [3.05, 3.63) is 131 Å². The van der Waals surface area contributed by atoms with Gasteiger partial charge in [0, 0.05) is 47.7 Å². The van der Waals surface area contributed by atoms with Gasteiger partial charge in [-0.3, -0.25) is 4.98 Å². The molecule has 7 rings (SSSR count). The van der Waals surface area contributed by atoms with Crippen molar-refractivity contribution in [2.24, 2.45) is 0 Å². The van der Waals surface area contributed by atoms with Gasteiger partial charge in [-0.05, 0) is 117 Å². The largest absolute Gasteiger partial charge is 0.457 e. The minimum atomic E-state index is -0.126. The van der Waals surface area contributed by atoms with Gasteiger partial charge in [-0.1, -0.05) is 24.3 Å². The lowest BCUT2D eigenvalue weighted by Crippen LogP contribution is -2.36. The van der Waals surface area contributed by atoms with Crippen molar-refractivity contribution in [2.45, 2.75) is 32.9 Å². The van der Waals surface area contributed by atoms with E-state index in [0.717, 1.165) is 60.4 Å². The van der Waals surface area contributed by atoms with E-state index in [9.17, 15) is 0 Å². The van der Waals surface area contributed by atoms with Gasteiger partial charge in [0.15, 0.2) is 5.11 Å². The van der Waals surface area contributed by atoms with E-state index in [-0.39, 0.29) is 12.1 Å². The van der Waals surface area contributed by atoms with Gasteiger partial charge in [0.2, 0.25) is 0 Å². The molecule has 0 unspecified atom stereocenters. The Morgan fingerprint density at radius 3 is 2.22 bits per heavy atom. The van der Waals surface area contributed by atoms with Gasteiger partial charge < -0.3 is 29.2 Å². The molecule has 4 heterocycles. The number of morpholine rings is 1. The molecule has 0 bridgehead atoms. The molecule has 228 valence electrons. The van der Waals surface area contributed by atoms with Gasteiger partial charge in [0.25, 0.3) is 0 Å². The molecule has 2 saturated heterocycles. The molecule has 2 fully saturated rings. The summed E-state index contributed by atoms with van der Waals surface area (Å²) in [4.78, 5) is 9.35. The zero-order chi connectivity index (χ0) is 30.9. The summed E-state index contributed by atoms with van der Waals surface area (Å²) in [7, 11) is 0. The highest BCUT2D eigenvalue weighted by molar-refractivity contribution is 7.80. The SMILES string of the molecule is Cc1ccccc1Oc1ccc(N2C(=S)N[C@@H](c3ccccn3)[C@H]2c2cc(C)n(-c3ccc(N4CCOCC4)cc3)c2C)cc1. The normalized spacial score (nSPS) is 18.2. The highest BCUT2D eigenvalue weighted by atomic mass is 32.1. The van der Waals surface area contributed by atoms with E-state index in [1.54, 1.807) is 0 Å². The second-order valence-corrected chi connectivity index (χ2v) is 12.0. The van der Waals surface area contributed by atoms with Crippen molar-refractivity contribution in [3.8, 4) is 17.2 Å². The molecule has 0 radical (unpaired) electrons. The van der Waals surface area contributed by atoms with Crippen LogP contribution in [-0.2, 0) is 4.74 Å². The van der Waals surface area contributed by atoms with Crippen molar-refractivity contribution in [3.63, 3.8) is 0 Å². The molecule has 2 aliphatic rings. The molecule has 0 aliphatic carbocycles. The first-order chi connectivity index (χ1) is 22.0. The Kier molecular flexibility index (Phi) is 8.00. The third kappa shape index (κ3) is 5.67. The number of nitrogens with one attached hydrogen (secondary N) is 1. The zero-order valence-electron chi connectivity index (χ0n) is 25.8. The zero-order valence-corrected chi connectivity index (χ0v) is 26.6. The first-order valence-electron chi connectivity index (χ1n) is 15.4. The lowest BCUT2D eigenvalue weighted by Gasteiger charge is -2.29. The first-order valence-corrected chi connectivity index (χ1v) is 15.8. The van der Waals surface area contributed by atoms with E-state index in [1.165, 1.54) is 22.6 Å². The summed E-state index contributed by atoms with van der Waals surface area (Å²) < 4.78 is 14.1. The van der Waals surface area contributed by atoms with E-state index in [2.05, 4.69) is 95.1 Å². The smallest absolute Gasteiger partial charge is 0.174 e. The number of anilines is 2. The van der Waals surface area contributed by atoms with Crippen LogP contribution in [0.25, 0.3) is 5.69 Å². The second-order valence-electron chi connectivity index (χ2n) is 11.6. The Morgan fingerprint density at radius 1 is 0.822 bits per heavy atom. The molecule has 2 atom stereocenters. The van der Waals surface area contributed by atoms with E-state index >= 15 is 0 Å². The molecule has 7 nitrogen and oxygen atoms in total. The predicted octanol–water partition coefficient (Wildman–Crippen LogP) is 7.60. The summed E-state index contributed by atoms with van der Waals surface area (Å²) in [6.07, 6.45) is 1.84. The summed E-state index contributed by atoms with van der Waals surface area (Å²) >= 11 is 6.02. The van der Waals surface area contributed by atoms with Gasteiger partial charge >= 0.3 is 0 Å². The number of aryl methyl sites for hydroxylation is 2. The van der Waals surface area contributed by atoms with Gasteiger partial charge in [0.05, 0.1) is 31.0 Å². The van der Waals surface area contributed by atoms with Crippen molar-refractivity contribution < 1.29 is 9.47 Å². The maximum atomic E-state index is 6.20. The Hall–Kier alpha value is -4.66. The van der Waals surface area contributed by atoms with Crippen LogP contribution in [0.15, 0.2) is 103 Å². The Bertz CT molecular complexity index is 1800. The number of aromatic nitrogens is 2. The number of rotatable bonds is 7. The number of pyridine rings is 1. The third-order valence-electron chi connectivity index (χ3n) is 8.81. The number of ether oxygens (including phenoxy) is 2. The molecule has 0 spiro atoms. The molecule has 2 aliphatic heterocycles. The molecule has 0 saturated carbocycles. The second kappa shape index (κ2) is 12.4. The maximum Gasteiger partial charge on any atom is 0.174 e. The maximum absolute atomic E-state index is 6.20. The molecule has 3 aromatic carbocycles. The Balaban J connectivity index is 1.24. The van der Waals surface area contributed by atoms with Gasteiger partial charge in [-0.2, -0.15) is 0 Å². The Morgan fingerprint density at radius 2 is 1.51 bits per heavy atom. The molecule has 45 heavy (non-hydrogen) atoms. The van der Waals surface area contributed by atoms with Gasteiger partial charge in [-0.25, -0.2) is 0 Å². The number of hydrogen-bond donors (Lipinski definition) is 1. The van der Waals surface area contributed by atoms with Crippen LogP contribution in [0, 0.1) is 20.8 Å². The Labute approximate surface area is 270 Å². The van der Waals surface area contributed by atoms with Crippen LogP contribution in [0.5, 0.6) is 11.5 Å². The van der Waals surface area contributed by atoms with E-state index in [0.29, 0.717) is 5.11 Å². The van der Waals surface area contributed by atoms with Crippen molar-refractivity contribution in [1.82, 2.24) is 14.9 Å². The lowest BCUT2D eigenvalue weighted by atomic mass is 9.96. The molecule has 1 N–H and O–H groups in total. The number of benzene rings is 3. The van der Waals surface area contributed by atoms with Crippen molar-refractivity contribution in [2.75, 3.05) is 36.1 Å². The monoisotopic (exact) mass is 615 g/mol. The molecule has 8 heteroatoms. The van der Waals surface area contributed by atoms with Crippen molar-refractivity contribution >= 4 is 28.7 Å². The van der Waals surface area contributed by atoms with Crippen molar-refractivity contribution in [1.29, 1.82) is 0 Å². The minimum absolute atomic E-state index is 0.108. The minimum Gasteiger partial charge on any atom is -0.457 e. The van der Waals surface area contributed by atoms with E-state index in [4.69, 9.17) is 26.7 Å². The van der Waals surface area contributed by atoms with Crippen LogP contribution in [0.4, 0.5) is 11.4 Å². The van der Waals surface area contributed by atoms with Crippen LogP contribution in [0.3, 0.4) is 0 Å². The number of thiocarbonyl (C=S) groups is 1. The van der Waals surface area contributed by atoms with E-state index < -0.39 is 0 Å². The highest BCUT2D eigenvalue weighted by Crippen LogP contribution is 2.44. The summed E-state index contributed by atoms with van der Waals surface area (Å²) in [5, 5.41) is 4.28. The van der Waals surface area contributed by atoms with E-state index in [1.807, 2.05) is 48.7 Å². The summed E-state index contributed by atoms with van der Waals surface area (Å²) in [6.45, 7) is 9.81. The average Bonchev–Trinajstić information content (AvgIpc) is 3.57. The van der Waals surface area contributed by atoms with Crippen LogP contribution >= 0.6 is 12.2 Å². The number of hydrogen-bond acceptors (Lipinski definition) is 5. The highest BCUT2D eigenvalue weighted by Gasteiger charge is 2.42. The van der Waals surface area contributed by atoms with Gasteiger partial charge in [0.1, 0.15) is 11.5 Å². The molecule has 2 aromatic heterocycles. The first kappa shape index (κ1) is 29.1. The van der Waals surface area contributed by atoms with Crippen LogP contribution in [0.1, 0.15) is 40.3 Å². The molecule has 0 amide bonds. The standard InChI is InChI=1S/C37H37N5O2S/c1-25-8-4-5-10-34(25)44-31-17-15-30(16-18-31)42-36(35(39-37(42)45)33-9-6-7-19-38-33)32-24-26(2)41(27(32)3)29-13-11-28(12-14-29)40-20-22-43-23-21-40/h4-19,24,35-36H,20-23H2,1-3H3,(H,39,45)/t35-,36+/m0/s1. The van der Waals surface area contributed by atoms with Crippen LogP contribution < -0.4 is 19.9 Å². The quantitative estimate of drug-likeness (QED) is 0.189. The number of para-hydroxylation sites is 1. The fourth-order valence-electron chi connectivity index (χ4n) is 6.54. The molecular weight excluding hydrogens is 579 g/mol. The van der Waals surface area contributed by atoms with Crippen LogP contribution in [0.2, 0.25) is 0 Å². The topological polar surface area (TPSA) is 54.8 Å². The molecular formula is C37H37N5O2S. The summed E-state index contributed by atoms with van der Waals surface area (Å²) in [6, 6.07) is 33.2. The summed E-state index contributed by atoms with van der Waals surface area (Å²) in [5.74, 6) is 1.63. The fraction of sp³-hybridized carbons (Fsp3) is 0.243. The average molecular weight is 616 g/mol. The fourth-order valence-corrected chi connectivity index (χ4v) is 6.89. The third-order valence-corrected chi connectivity index (χ3v) is 9.12. The molecule has 5 aromatic rings. The van der Waals surface area contributed by atoms with Crippen LogP contribution in [-0.4, -0.2) is 41.0 Å². The summed E-state index contributed by atoms with van der Waals surface area (Å²) in [5.41, 5.74) is 8.95. The number of nitrogens with zero attached hydrogens (tertiary/aromatic N) is 4. The predicted molar refractivity (Wildman–Crippen MR) is 184 cm³/mol. The lowest BCUT2D eigenvalue weighted by molar-refractivity contribution is 0.122.